The van der Waals surface area contributed by atoms with Crippen LogP contribution in [0.5, 0.6) is 5.75 Å². The summed E-state index contributed by atoms with van der Waals surface area (Å²) >= 11 is 4.75. The first kappa shape index (κ1) is 12.5. The molecule has 90 valence electrons. The van der Waals surface area contributed by atoms with Crippen LogP contribution in [0.1, 0.15) is 17.6 Å². The average molecular weight is 316 g/mol. The molecule has 0 saturated heterocycles. The lowest BCUT2D eigenvalue weighted by Crippen LogP contribution is -1.96. The monoisotopic (exact) mass is 315 g/mol. The maximum absolute atomic E-state index is 13.0. The van der Waals surface area contributed by atoms with Crippen LogP contribution in [0.3, 0.4) is 0 Å². The summed E-state index contributed by atoms with van der Waals surface area (Å²) in [5.74, 6) is 0.337. The van der Waals surface area contributed by atoms with Crippen LogP contribution in [0, 0.1) is 5.82 Å². The van der Waals surface area contributed by atoms with E-state index in [2.05, 4.69) is 27.8 Å². The van der Waals surface area contributed by atoms with Crippen molar-refractivity contribution in [3.05, 3.63) is 44.6 Å². The summed E-state index contributed by atoms with van der Waals surface area (Å²) in [6.07, 6.45) is 0.937. The van der Waals surface area contributed by atoms with Crippen LogP contribution in [0.15, 0.2) is 28.1 Å². The van der Waals surface area contributed by atoms with Crippen molar-refractivity contribution in [3.63, 3.8) is 0 Å². The van der Waals surface area contributed by atoms with Crippen LogP contribution < -0.4 is 4.74 Å². The number of halogens is 2. The first-order valence-electron chi connectivity index (χ1n) is 5.20. The minimum atomic E-state index is -0.292. The zero-order valence-electron chi connectivity index (χ0n) is 9.24. The summed E-state index contributed by atoms with van der Waals surface area (Å²) in [4.78, 5) is 4.39. The van der Waals surface area contributed by atoms with Gasteiger partial charge in [-0.05, 0) is 40.5 Å². The van der Waals surface area contributed by atoms with Gasteiger partial charge in [-0.3, -0.25) is 0 Å². The van der Waals surface area contributed by atoms with E-state index in [1.807, 2.05) is 5.38 Å². The maximum atomic E-state index is 13.0. The fraction of sp³-hybridized carbons (Fsp3) is 0.250. The molecular weight excluding hydrogens is 305 g/mol. The molecule has 5 heteroatoms. The fourth-order valence-corrected chi connectivity index (χ4v) is 2.39. The number of aryl methyl sites for hydroxylation is 1. The van der Waals surface area contributed by atoms with Crippen molar-refractivity contribution in [2.45, 2.75) is 20.0 Å². The lowest BCUT2D eigenvalue weighted by Gasteiger charge is -2.04. The SMILES string of the molecule is CCc1nc(COc2ccc(F)c(Br)c2)cs1. The molecule has 0 spiro atoms. The second-order valence-corrected chi connectivity index (χ2v) is 5.25. The number of hydrogen-bond acceptors (Lipinski definition) is 3. The van der Waals surface area contributed by atoms with E-state index in [1.54, 1.807) is 23.5 Å². The van der Waals surface area contributed by atoms with Gasteiger partial charge in [-0.15, -0.1) is 11.3 Å². The molecule has 1 heterocycles. The molecule has 0 aliphatic rings. The van der Waals surface area contributed by atoms with Crippen molar-refractivity contribution in [3.8, 4) is 5.75 Å². The summed E-state index contributed by atoms with van der Waals surface area (Å²) in [7, 11) is 0. The summed E-state index contributed by atoms with van der Waals surface area (Å²) < 4.78 is 18.9. The number of nitrogens with zero attached hydrogens (tertiary/aromatic N) is 1. The lowest BCUT2D eigenvalue weighted by molar-refractivity contribution is 0.301. The Bertz CT molecular complexity index is 515. The zero-order valence-corrected chi connectivity index (χ0v) is 11.6. The van der Waals surface area contributed by atoms with Crippen LogP contribution in [-0.4, -0.2) is 4.98 Å². The second-order valence-electron chi connectivity index (χ2n) is 3.45. The largest absolute Gasteiger partial charge is 0.487 e. The fourth-order valence-electron chi connectivity index (χ4n) is 1.30. The minimum absolute atomic E-state index is 0.292. The van der Waals surface area contributed by atoms with Gasteiger partial charge in [-0.1, -0.05) is 6.92 Å². The quantitative estimate of drug-likeness (QED) is 0.844. The average Bonchev–Trinajstić information content (AvgIpc) is 2.79. The molecule has 0 fully saturated rings. The smallest absolute Gasteiger partial charge is 0.137 e. The Morgan fingerprint density at radius 2 is 2.29 bits per heavy atom. The van der Waals surface area contributed by atoms with Crippen molar-refractivity contribution in [1.82, 2.24) is 4.98 Å². The molecule has 0 saturated carbocycles. The van der Waals surface area contributed by atoms with Gasteiger partial charge < -0.3 is 4.74 Å². The summed E-state index contributed by atoms with van der Waals surface area (Å²) in [5, 5.41) is 3.08. The Kier molecular flexibility index (Phi) is 4.12. The van der Waals surface area contributed by atoms with Gasteiger partial charge in [0.1, 0.15) is 18.2 Å². The Labute approximate surface area is 112 Å². The third-order valence-electron chi connectivity index (χ3n) is 2.18. The highest BCUT2D eigenvalue weighted by Crippen LogP contribution is 2.22. The number of benzene rings is 1. The van der Waals surface area contributed by atoms with E-state index in [1.165, 1.54) is 6.07 Å². The molecule has 2 rings (SSSR count). The molecule has 1 aromatic heterocycles. The highest BCUT2D eigenvalue weighted by Gasteiger charge is 2.04. The summed E-state index contributed by atoms with van der Waals surface area (Å²) in [6, 6.07) is 4.59. The molecular formula is C12H11BrFNOS. The molecule has 0 aliphatic heterocycles. The Morgan fingerprint density at radius 1 is 1.47 bits per heavy atom. The molecule has 2 nitrogen and oxygen atoms in total. The molecule has 0 atom stereocenters. The van der Waals surface area contributed by atoms with E-state index >= 15 is 0 Å². The lowest BCUT2D eigenvalue weighted by atomic mass is 10.3. The summed E-state index contributed by atoms with van der Waals surface area (Å²) in [5.41, 5.74) is 0.910. The molecule has 0 bridgehead atoms. The Morgan fingerprint density at radius 3 is 2.94 bits per heavy atom. The third kappa shape index (κ3) is 3.26. The van der Waals surface area contributed by atoms with Crippen molar-refractivity contribution in [2.75, 3.05) is 0 Å². The number of ether oxygens (including phenoxy) is 1. The van der Waals surface area contributed by atoms with Crippen LogP contribution >= 0.6 is 27.3 Å². The summed E-state index contributed by atoms with van der Waals surface area (Å²) in [6.45, 7) is 2.48. The van der Waals surface area contributed by atoms with Crippen molar-refractivity contribution < 1.29 is 9.13 Å². The van der Waals surface area contributed by atoms with E-state index in [0.717, 1.165) is 17.1 Å². The van der Waals surface area contributed by atoms with Gasteiger partial charge in [0, 0.05) is 5.38 Å². The predicted molar refractivity (Wildman–Crippen MR) is 69.9 cm³/mol. The van der Waals surface area contributed by atoms with Crippen molar-refractivity contribution in [1.29, 1.82) is 0 Å². The Hall–Kier alpha value is -0.940. The molecule has 0 unspecified atom stereocenters. The van der Waals surface area contributed by atoms with Gasteiger partial charge in [0.2, 0.25) is 0 Å². The molecule has 1 aromatic carbocycles. The highest BCUT2D eigenvalue weighted by molar-refractivity contribution is 9.10. The van der Waals surface area contributed by atoms with Crippen LogP contribution in [0.2, 0.25) is 0 Å². The Balaban J connectivity index is 1.99. The van der Waals surface area contributed by atoms with Gasteiger partial charge in [0.05, 0.1) is 15.2 Å². The van der Waals surface area contributed by atoms with Crippen molar-refractivity contribution >= 4 is 27.3 Å². The predicted octanol–water partition coefficient (Wildman–Crippen LogP) is 4.19. The van der Waals surface area contributed by atoms with Gasteiger partial charge in [-0.2, -0.15) is 0 Å². The number of hydrogen-bond donors (Lipinski definition) is 0. The van der Waals surface area contributed by atoms with E-state index < -0.39 is 0 Å². The standard InChI is InChI=1S/C12H11BrFNOS/c1-2-12-15-8(7-17-12)6-16-9-3-4-11(14)10(13)5-9/h3-5,7H,2,6H2,1H3. The van der Waals surface area contributed by atoms with Gasteiger partial charge in [0.15, 0.2) is 0 Å². The maximum Gasteiger partial charge on any atom is 0.137 e. The molecule has 2 aromatic rings. The first-order chi connectivity index (χ1) is 8.19. The van der Waals surface area contributed by atoms with Crippen LogP contribution in [-0.2, 0) is 13.0 Å². The normalized spacial score (nSPS) is 10.5. The minimum Gasteiger partial charge on any atom is -0.487 e. The van der Waals surface area contributed by atoms with Crippen LogP contribution in [0.25, 0.3) is 0 Å². The highest BCUT2D eigenvalue weighted by atomic mass is 79.9. The molecule has 17 heavy (non-hydrogen) atoms. The van der Waals surface area contributed by atoms with E-state index in [4.69, 9.17) is 4.74 Å². The molecule has 0 amide bonds. The van der Waals surface area contributed by atoms with Crippen LogP contribution in [0.4, 0.5) is 4.39 Å². The topological polar surface area (TPSA) is 22.1 Å². The van der Waals surface area contributed by atoms with E-state index in [-0.39, 0.29) is 5.82 Å². The third-order valence-corrected chi connectivity index (χ3v) is 3.83. The molecule has 0 N–H and O–H groups in total. The van der Waals surface area contributed by atoms with Crippen molar-refractivity contribution in [2.24, 2.45) is 0 Å². The van der Waals surface area contributed by atoms with E-state index in [9.17, 15) is 4.39 Å². The molecule has 0 radical (unpaired) electrons. The molecule has 0 aliphatic carbocycles. The van der Waals surface area contributed by atoms with Gasteiger partial charge in [-0.25, -0.2) is 9.37 Å². The second kappa shape index (κ2) is 5.60. The first-order valence-corrected chi connectivity index (χ1v) is 6.87. The number of thiazole rings is 1. The number of aromatic nitrogens is 1. The zero-order chi connectivity index (χ0) is 12.3. The van der Waals surface area contributed by atoms with Gasteiger partial charge >= 0.3 is 0 Å². The number of rotatable bonds is 4. The van der Waals surface area contributed by atoms with Gasteiger partial charge in [0.25, 0.3) is 0 Å². The van der Waals surface area contributed by atoms with E-state index in [0.29, 0.717) is 16.8 Å².